The first-order valence-electron chi connectivity index (χ1n) is 9.51. The molecule has 0 radical (unpaired) electrons. The van der Waals surface area contributed by atoms with E-state index in [-0.39, 0.29) is 17.9 Å². The molecule has 2 fully saturated rings. The van der Waals surface area contributed by atoms with Crippen LogP contribution in [0.1, 0.15) is 45.7 Å². The Morgan fingerprint density at radius 2 is 1.85 bits per heavy atom. The summed E-state index contributed by atoms with van der Waals surface area (Å²) in [6.07, 6.45) is 3.24. The average Bonchev–Trinajstić information content (AvgIpc) is 3.25. The smallest absolute Gasteiger partial charge is 0.410 e. The van der Waals surface area contributed by atoms with Crippen LogP contribution in [0.4, 0.5) is 10.6 Å². The SMILES string of the molecule is CC(C)(C)OC(=O)N1C[C@H]2CC(C(=O)N3CCCc4n[nH]nc43)C[C@H]2C1. The minimum Gasteiger partial charge on any atom is -0.444 e. The van der Waals surface area contributed by atoms with Crippen molar-refractivity contribution in [2.75, 3.05) is 24.5 Å². The monoisotopic (exact) mass is 361 g/mol. The number of aromatic amines is 1. The zero-order valence-corrected chi connectivity index (χ0v) is 15.7. The molecule has 1 saturated carbocycles. The Kier molecular flexibility index (Phi) is 4.16. The second kappa shape index (κ2) is 6.25. The summed E-state index contributed by atoms with van der Waals surface area (Å²) in [6, 6.07) is 0. The van der Waals surface area contributed by atoms with Gasteiger partial charge in [0, 0.05) is 25.6 Å². The van der Waals surface area contributed by atoms with E-state index in [1.54, 1.807) is 9.80 Å². The van der Waals surface area contributed by atoms with Crippen molar-refractivity contribution in [1.82, 2.24) is 20.3 Å². The second-order valence-corrected chi connectivity index (χ2v) is 8.76. The zero-order valence-electron chi connectivity index (χ0n) is 15.7. The summed E-state index contributed by atoms with van der Waals surface area (Å²) >= 11 is 0. The van der Waals surface area contributed by atoms with E-state index in [0.717, 1.165) is 31.4 Å². The van der Waals surface area contributed by atoms with Gasteiger partial charge in [0.05, 0.1) is 0 Å². The number of H-pyrrole nitrogens is 1. The van der Waals surface area contributed by atoms with E-state index >= 15 is 0 Å². The van der Waals surface area contributed by atoms with Gasteiger partial charge in [0.2, 0.25) is 5.91 Å². The van der Waals surface area contributed by atoms with Gasteiger partial charge in [-0.25, -0.2) is 4.79 Å². The number of nitrogens with zero attached hydrogens (tertiary/aromatic N) is 4. The van der Waals surface area contributed by atoms with Crippen molar-refractivity contribution in [2.24, 2.45) is 17.8 Å². The van der Waals surface area contributed by atoms with E-state index in [1.165, 1.54) is 0 Å². The standard InChI is InChI=1S/C18H27N5O3/c1-18(2,3)26-17(25)22-9-12-7-11(8-13(12)10-22)16(24)23-6-4-5-14-15(23)20-21-19-14/h11-13H,4-10H2,1-3H3,(H,19,20,21)/t11?,12-,13+. The van der Waals surface area contributed by atoms with Gasteiger partial charge in [0.1, 0.15) is 11.3 Å². The Morgan fingerprint density at radius 3 is 2.50 bits per heavy atom. The molecule has 4 rings (SSSR count). The van der Waals surface area contributed by atoms with Crippen LogP contribution in [-0.4, -0.2) is 57.5 Å². The number of carbonyl (C=O) groups is 2. The zero-order chi connectivity index (χ0) is 18.5. The summed E-state index contributed by atoms with van der Waals surface area (Å²) in [6.45, 7) is 7.75. The van der Waals surface area contributed by atoms with E-state index in [1.807, 2.05) is 20.8 Å². The fourth-order valence-electron chi connectivity index (χ4n) is 4.55. The third-order valence-corrected chi connectivity index (χ3v) is 5.67. The van der Waals surface area contributed by atoms with Crippen LogP contribution in [0.25, 0.3) is 0 Å². The number of nitrogens with one attached hydrogen (secondary N) is 1. The number of anilines is 1. The van der Waals surface area contributed by atoms with Gasteiger partial charge in [-0.2, -0.15) is 10.3 Å². The van der Waals surface area contributed by atoms with Crippen LogP contribution in [0.5, 0.6) is 0 Å². The maximum atomic E-state index is 13.0. The lowest BCUT2D eigenvalue weighted by atomic mass is 10.0. The fourth-order valence-corrected chi connectivity index (χ4v) is 4.55. The van der Waals surface area contributed by atoms with Crippen LogP contribution < -0.4 is 4.90 Å². The van der Waals surface area contributed by atoms with E-state index in [0.29, 0.717) is 37.3 Å². The second-order valence-electron chi connectivity index (χ2n) is 8.76. The Bertz CT molecular complexity index is 696. The Balaban J connectivity index is 1.37. The number of aryl methyl sites for hydroxylation is 1. The van der Waals surface area contributed by atoms with Crippen molar-refractivity contribution in [3.63, 3.8) is 0 Å². The molecule has 0 spiro atoms. The number of aromatic nitrogens is 3. The van der Waals surface area contributed by atoms with Crippen molar-refractivity contribution in [2.45, 2.75) is 52.1 Å². The fraction of sp³-hybridized carbons (Fsp3) is 0.778. The molecule has 1 aliphatic carbocycles. The van der Waals surface area contributed by atoms with Crippen LogP contribution in [0.3, 0.4) is 0 Å². The Labute approximate surface area is 153 Å². The molecular formula is C18H27N5O3. The summed E-state index contributed by atoms with van der Waals surface area (Å²) < 4.78 is 5.48. The lowest BCUT2D eigenvalue weighted by Crippen LogP contribution is -2.40. The molecule has 3 heterocycles. The van der Waals surface area contributed by atoms with Crippen LogP contribution in [-0.2, 0) is 16.0 Å². The minimum absolute atomic E-state index is 0.0217. The number of hydrogen-bond acceptors (Lipinski definition) is 5. The highest BCUT2D eigenvalue weighted by Crippen LogP contribution is 2.43. The van der Waals surface area contributed by atoms with Crippen molar-refractivity contribution in [1.29, 1.82) is 0 Å². The molecule has 0 aromatic carbocycles. The maximum Gasteiger partial charge on any atom is 0.410 e. The summed E-state index contributed by atoms with van der Waals surface area (Å²) in [5.41, 5.74) is 0.413. The number of carbonyl (C=O) groups excluding carboxylic acids is 2. The van der Waals surface area contributed by atoms with E-state index in [9.17, 15) is 9.59 Å². The van der Waals surface area contributed by atoms with Crippen LogP contribution in [0.2, 0.25) is 0 Å². The normalized spacial score (nSPS) is 28.0. The van der Waals surface area contributed by atoms with Gasteiger partial charge in [-0.1, -0.05) is 0 Å². The van der Waals surface area contributed by atoms with Gasteiger partial charge in [0.25, 0.3) is 0 Å². The molecule has 26 heavy (non-hydrogen) atoms. The number of rotatable bonds is 1. The molecule has 3 aliphatic rings. The molecule has 1 aromatic rings. The molecule has 8 nitrogen and oxygen atoms in total. The third-order valence-electron chi connectivity index (χ3n) is 5.67. The summed E-state index contributed by atoms with van der Waals surface area (Å²) in [5, 5.41) is 11.0. The molecule has 3 atom stereocenters. The van der Waals surface area contributed by atoms with Crippen molar-refractivity contribution >= 4 is 17.8 Å². The molecule has 1 unspecified atom stereocenters. The van der Waals surface area contributed by atoms with Gasteiger partial charge in [0.15, 0.2) is 5.82 Å². The number of likely N-dealkylation sites (tertiary alicyclic amines) is 1. The first-order chi connectivity index (χ1) is 12.3. The van der Waals surface area contributed by atoms with E-state index in [4.69, 9.17) is 4.74 Å². The number of hydrogen-bond donors (Lipinski definition) is 1. The van der Waals surface area contributed by atoms with Gasteiger partial charge >= 0.3 is 6.09 Å². The summed E-state index contributed by atoms with van der Waals surface area (Å²) in [4.78, 5) is 28.9. The predicted octanol–water partition coefficient (Wildman–Crippen LogP) is 1.98. The Hall–Kier alpha value is -2.12. The first kappa shape index (κ1) is 17.3. The number of fused-ring (bicyclic) bond motifs is 2. The highest BCUT2D eigenvalue weighted by Gasteiger charge is 2.46. The molecule has 0 bridgehead atoms. The molecular weight excluding hydrogens is 334 g/mol. The van der Waals surface area contributed by atoms with Crippen molar-refractivity contribution < 1.29 is 14.3 Å². The minimum atomic E-state index is -0.475. The number of ether oxygens (including phenoxy) is 1. The molecule has 2 amide bonds. The van der Waals surface area contributed by atoms with Crippen LogP contribution >= 0.6 is 0 Å². The molecule has 8 heteroatoms. The largest absolute Gasteiger partial charge is 0.444 e. The predicted molar refractivity (Wildman–Crippen MR) is 94.6 cm³/mol. The average molecular weight is 361 g/mol. The van der Waals surface area contributed by atoms with Crippen molar-refractivity contribution in [3.05, 3.63) is 5.69 Å². The van der Waals surface area contributed by atoms with Gasteiger partial charge in [-0.15, -0.1) is 5.10 Å². The van der Waals surface area contributed by atoms with E-state index < -0.39 is 5.60 Å². The van der Waals surface area contributed by atoms with Gasteiger partial charge in [-0.05, 0) is 58.3 Å². The maximum absolute atomic E-state index is 13.0. The topological polar surface area (TPSA) is 91.4 Å². The molecule has 1 aromatic heterocycles. The molecule has 1 saturated heterocycles. The molecule has 1 N–H and O–H groups in total. The van der Waals surface area contributed by atoms with Crippen molar-refractivity contribution in [3.8, 4) is 0 Å². The lowest BCUT2D eigenvalue weighted by Gasteiger charge is -2.28. The van der Waals surface area contributed by atoms with Crippen LogP contribution in [0, 0.1) is 17.8 Å². The summed E-state index contributed by atoms with van der Waals surface area (Å²) in [7, 11) is 0. The molecule has 142 valence electrons. The van der Waals surface area contributed by atoms with E-state index in [2.05, 4.69) is 15.4 Å². The third kappa shape index (κ3) is 3.17. The van der Waals surface area contributed by atoms with Gasteiger partial charge < -0.3 is 9.64 Å². The number of amides is 2. The van der Waals surface area contributed by atoms with Crippen LogP contribution in [0.15, 0.2) is 0 Å². The summed E-state index contributed by atoms with van der Waals surface area (Å²) in [5.74, 6) is 1.66. The first-order valence-corrected chi connectivity index (χ1v) is 9.51. The lowest BCUT2D eigenvalue weighted by molar-refractivity contribution is -0.122. The van der Waals surface area contributed by atoms with Gasteiger partial charge in [-0.3, -0.25) is 9.69 Å². The quantitative estimate of drug-likeness (QED) is 0.826. The highest BCUT2D eigenvalue weighted by molar-refractivity contribution is 5.95. The Morgan fingerprint density at radius 1 is 1.15 bits per heavy atom. The molecule has 2 aliphatic heterocycles. The highest BCUT2D eigenvalue weighted by atomic mass is 16.6.